The number of hydrogen-bond donors (Lipinski definition) is 1. The Balaban J connectivity index is 1.94. The standard InChI is InChI=1S/C20H17N3O7/c1-2-29-18(24)12-30-17-9-8-15(23(27)28)10-13(17)11-16-19(25)21-22(20(16)26)14-6-4-3-5-7-14/h3-11H,2,12H2,1H3,(H,21,25). The lowest BCUT2D eigenvalue weighted by atomic mass is 10.1. The Hall–Kier alpha value is -4.21. The lowest BCUT2D eigenvalue weighted by molar-refractivity contribution is -0.384. The maximum absolute atomic E-state index is 12.7. The second kappa shape index (κ2) is 8.86. The summed E-state index contributed by atoms with van der Waals surface area (Å²) in [5, 5.41) is 12.2. The normalized spacial score (nSPS) is 14.6. The van der Waals surface area contributed by atoms with Gasteiger partial charge in [0.05, 0.1) is 17.2 Å². The van der Waals surface area contributed by atoms with E-state index in [2.05, 4.69) is 5.43 Å². The van der Waals surface area contributed by atoms with E-state index in [-0.39, 0.29) is 29.2 Å². The van der Waals surface area contributed by atoms with Crippen LogP contribution in [0.15, 0.2) is 54.1 Å². The number of esters is 1. The molecule has 1 aliphatic heterocycles. The van der Waals surface area contributed by atoms with E-state index in [1.807, 2.05) is 0 Å². The summed E-state index contributed by atoms with van der Waals surface area (Å²) < 4.78 is 10.2. The highest BCUT2D eigenvalue weighted by Crippen LogP contribution is 2.28. The first-order chi connectivity index (χ1) is 14.4. The minimum Gasteiger partial charge on any atom is -0.481 e. The Morgan fingerprint density at radius 2 is 1.93 bits per heavy atom. The van der Waals surface area contributed by atoms with Crippen LogP contribution in [0, 0.1) is 10.1 Å². The van der Waals surface area contributed by atoms with E-state index in [1.165, 1.54) is 18.2 Å². The Morgan fingerprint density at radius 3 is 2.60 bits per heavy atom. The van der Waals surface area contributed by atoms with Crippen molar-refractivity contribution >= 4 is 35.2 Å². The molecule has 0 aromatic heterocycles. The van der Waals surface area contributed by atoms with Crippen LogP contribution < -0.4 is 15.2 Å². The van der Waals surface area contributed by atoms with Crippen LogP contribution >= 0.6 is 0 Å². The topological polar surface area (TPSA) is 128 Å². The summed E-state index contributed by atoms with van der Waals surface area (Å²) in [5.74, 6) is -1.85. The van der Waals surface area contributed by atoms with E-state index < -0.39 is 29.3 Å². The predicted molar refractivity (Wildman–Crippen MR) is 105 cm³/mol. The summed E-state index contributed by atoms with van der Waals surface area (Å²) in [6.45, 7) is 1.38. The van der Waals surface area contributed by atoms with E-state index in [0.29, 0.717) is 5.69 Å². The van der Waals surface area contributed by atoms with E-state index >= 15 is 0 Å². The average molecular weight is 411 g/mol. The molecule has 0 unspecified atom stereocenters. The number of benzene rings is 2. The first-order valence-corrected chi connectivity index (χ1v) is 8.89. The zero-order valence-electron chi connectivity index (χ0n) is 15.9. The van der Waals surface area contributed by atoms with Crippen molar-refractivity contribution in [3.63, 3.8) is 0 Å². The summed E-state index contributed by atoms with van der Waals surface area (Å²) >= 11 is 0. The van der Waals surface area contributed by atoms with Crippen molar-refractivity contribution in [3.8, 4) is 5.75 Å². The van der Waals surface area contributed by atoms with Crippen molar-refractivity contribution in [1.29, 1.82) is 0 Å². The largest absolute Gasteiger partial charge is 0.481 e. The number of hydrazine groups is 1. The number of amides is 2. The minimum absolute atomic E-state index is 0.0833. The molecule has 0 atom stereocenters. The number of carbonyl (C=O) groups is 3. The molecule has 2 aromatic rings. The van der Waals surface area contributed by atoms with Gasteiger partial charge in [0.25, 0.3) is 17.5 Å². The molecular weight excluding hydrogens is 394 g/mol. The van der Waals surface area contributed by atoms with E-state index in [4.69, 9.17) is 9.47 Å². The molecule has 2 aromatic carbocycles. The Bertz CT molecular complexity index is 1030. The molecule has 1 saturated heterocycles. The molecular formula is C20H17N3O7. The number of para-hydroxylation sites is 1. The first-order valence-electron chi connectivity index (χ1n) is 8.89. The average Bonchev–Trinajstić information content (AvgIpc) is 3.02. The second-order valence-electron chi connectivity index (χ2n) is 6.05. The van der Waals surface area contributed by atoms with Crippen LogP contribution in [0.2, 0.25) is 0 Å². The molecule has 30 heavy (non-hydrogen) atoms. The minimum atomic E-state index is -0.674. The molecule has 1 fully saturated rings. The molecule has 3 rings (SSSR count). The van der Waals surface area contributed by atoms with Crippen LogP contribution in [0.5, 0.6) is 5.75 Å². The number of nitro benzene ring substituents is 1. The maximum Gasteiger partial charge on any atom is 0.344 e. The lowest BCUT2D eigenvalue weighted by Crippen LogP contribution is -2.35. The van der Waals surface area contributed by atoms with Crippen molar-refractivity contribution in [2.45, 2.75) is 6.92 Å². The van der Waals surface area contributed by atoms with Gasteiger partial charge >= 0.3 is 5.97 Å². The van der Waals surface area contributed by atoms with Gasteiger partial charge in [0.1, 0.15) is 11.3 Å². The van der Waals surface area contributed by atoms with Gasteiger partial charge in [-0.2, -0.15) is 0 Å². The number of non-ortho nitro benzene ring substituents is 1. The summed E-state index contributed by atoms with van der Waals surface area (Å²) in [4.78, 5) is 47.2. The molecule has 2 amide bonds. The molecule has 0 aliphatic carbocycles. The van der Waals surface area contributed by atoms with Gasteiger partial charge in [0, 0.05) is 17.7 Å². The van der Waals surface area contributed by atoms with Gasteiger partial charge in [0.2, 0.25) is 0 Å². The number of nitrogens with zero attached hydrogens (tertiary/aromatic N) is 2. The first kappa shape index (κ1) is 20.5. The van der Waals surface area contributed by atoms with Gasteiger partial charge in [-0.05, 0) is 31.2 Å². The third-order valence-corrected chi connectivity index (χ3v) is 4.06. The highest BCUT2D eigenvalue weighted by Gasteiger charge is 2.34. The zero-order valence-corrected chi connectivity index (χ0v) is 15.9. The highest BCUT2D eigenvalue weighted by molar-refractivity contribution is 6.31. The van der Waals surface area contributed by atoms with Crippen LogP contribution in [-0.2, 0) is 19.1 Å². The molecule has 10 nitrogen and oxygen atoms in total. The number of carbonyl (C=O) groups excluding carboxylic acids is 3. The SMILES string of the molecule is CCOC(=O)COc1ccc([N+](=O)[O-])cc1C=C1C(=O)NN(c2ccccc2)C1=O. The second-order valence-corrected chi connectivity index (χ2v) is 6.05. The van der Waals surface area contributed by atoms with Crippen LogP contribution in [0.3, 0.4) is 0 Å². The van der Waals surface area contributed by atoms with Crippen LogP contribution in [0.25, 0.3) is 6.08 Å². The van der Waals surface area contributed by atoms with Gasteiger partial charge in [0.15, 0.2) is 6.61 Å². The quantitative estimate of drug-likeness (QED) is 0.243. The molecule has 0 saturated carbocycles. The molecule has 0 bridgehead atoms. The van der Waals surface area contributed by atoms with E-state index in [0.717, 1.165) is 11.1 Å². The van der Waals surface area contributed by atoms with E-state index in [9.17, 15) is 24.5 Å². The monoisotopic (exact) mass is 411 g/mol. The highest BCUT2D eigenvalue weighted by atomic mass is 16.6. The lowest BCUT2D eigenvalue weighted by Gasteiger charge is -2.14. The third-order valence-electron chi connectivity index (χ3n) is 4.06. The van der Waals surface area contributed by atoms with Gasteiger partial charge < -0.3 is 9.47 Å². The number of nitrogens with one attached hydrogen (secondary N) is 1. The van der Waals surface area contributed by atoms with Crippen molar-refractivity contribution < 1.29 is 28.8 Å². The number of anilines is 1. The molecule has 1 N–H and O–H groups in total. The van der Waals surface area contributed by atoms with Crippen molar-refractivity contribution in [2.75, 3.05) is 18.2 Å². The molecule has 10 heteroatoms. The summed E-state index contributed by atoms with van der Waals surface area (Å²) in [7, 11) is 0. The maximum atomic E-state index is 12.7. The number of nitro groups is 1. The summed E-state index contributed by atoms with van der Waals surface area (Å²) in [5.41, 5.74) is 2.49. The van der Waals surface area contributed by atoms with E-state index in [1.54, 1.807) is 37.3 Å². The Morgan fingerprint density at radius 1 is 1.20 bits per heavy atom. The van der Waals surface area contributed by atoms with Crippen molar-refractivity contribution in [1.82, 2.24) is 5.43 Å². The Labute approximate surface area is 170 Å². The van der Waals surface area contributed by atoms with Crippen LogP contribution in [0.1, 0.15) is 12.5 Å². The van der Waals surface area contributed by atoms with Gasteiger partial charge in [-0.3, -0.25) is 25.1 Å². The van der Waals surface area contributed by atoms with Crippen molar-refractivity contribution in [3.05, 3.63) is 69.8 Å². The zero-order chi connectivity index (χ0) is 21.7. The number of rotatable bonds is 7. The van der Waals surface area contributed by atoms with Crippen LogP contribution in [0.4, 0.5) is 11.4 Å². The van der Waals surface area contributed by atoms with Gasteiger partial charge in [-0.15, -0.1) is 0 Å². The molecule has 0 radical (unpaired) electrons. The Kier molecular flexibility index (Phi) is 6.06. The fourth-order valence-corrected chi connectivity index (χ4v) is 2.70. The summed E-state index contributed by atoms with van der Waals surface area (Å²) in [6.07, 6.45) is 1.19. The molecule has 1 heterocycles. The number of ether oxygens (including phenoxy) is 2. The smallest absolute Gasteiger partial charge is 0.344 e. The van der Waals surface area contributed by atoms with Gasteiger partial charge in [-0.25, -0.2) is 9.80 Å². The fourth-order valence-electron chi connectivity index (χ4n) is 2.70. The molecule has 1 aliphatic rings. The molecule has 0 spiro atoms. The molecule has 154 valence electrons. The predicted octanol–water partition coefficient (Wildman–Crippen LogP) is 2.00. The summed E-state index contributed by atoms with van der Waals surface area (Å²) in [6, 6.07) is 12.1. The number of hydrogen-bond acceptors (Lipinski definition) is 7. The third kappa shape index (κ3) is 4.43. The van der Waals surface area contributed by atoms with Crippen molar-refractivity contribution in [2.24, 2.45) is 0 Å². The van der Waals surface area contributed by atoms with Gasteiger partial charge in [-0.1, -0.05) is 18.2 Å². The van der Waals surface area contributed by atoms with Crippen LogP contribution in [-0.4, -0.2) is 35.9 Å². The fraction of sp³-hybridized carbons (Fsp3) is 0.150.